The smallest absolute Gasteiger partial charge is 0.264 e. The lowest BCUT2D eigenvalue weighted by molar-refractivity contribution is 0.528. The molecule has 0 amide bonds. The lowest BCUT2D eigenvalue weighted by atomic mass is 10.3. The van der Waals surface area contributed by atoms with Crippen LogP contribution >= 0.6 is 15.9 Å². The summed E-state index contributed by atoms with van der Waals surface area (Å²) in [5.41, 5.74) is 1.10. The predicted octanol–water partition coefficient (Wildman–Crippen LogP) is 2.31. The minimum absolute atomic E-state index is 0.601. The van der Waals surface area contributed by atoms with E-state index >= 15 is 0 Å². The van der Waals surface area contributed by atoms with Gasteiger partial charge in [0.1, 0.15) is 6.26 Å². The van der Waals surface area contributed by atoms with Crippen LogP contribution in [0.1, 0.15) is 24.5 Å². The summed E-state index contributed by atoms with van der Waals surface area (Å²) in [5.74, 6) is 0.694. The van der Waals surface area contributed by atoms with E-state index in [0.29, 0.717) is 10.7 Å². The van der Waals surface area contributed by atoms with Crippen LogP contribution in [0.15, 0.2) is 15.5 Å². The fourth-order valence-corrected chi connectivity index (χ4v) is 1.13. The van der Waals surface area contributed by atoms with E-state index in [1.807, 2.05) is 0 Å². The molecule has 1 fully saturated rings. The first-order chi connectivity index (χ1) is 4.36. The molecule has 1 aromatic rings. The van der Waals surface area contributed by atoms with Gasteiger partial charge in [0.2, 0.25) is 0 Å². The lowest BCUT2D eigenvalue weighted by Gasteiger charge is -1.79. The standard InChI is InChI=1S/C6H6BrNO/c7-6-8-5(3-9-6)4-1-2-4/h3-4H,1-2H2. The zero-order valence-electron chi connectivity index (χ0n) is 4.80. The van der Waals surface area contributed by atoms with E-state index in [9.17, 15) is 0 Å². The van der Waals surface area contributed by atoms with Crippen molar-refractivity contribution in [2.45, 2.75) is 18.8 Å². The Hall–Kier alpha value is -0.310. The maximum absolute atomic E-state index is 4.97. The fourth-order valence-electron chi connectivity index (χ4n) is 0.830. The van der Waals surface area contributed by atoms with Crippen LogP contribution in [-0.2, 0) is 0 Å². The second-order valence-corrected chi connectivity index (χ2v) is 2.98. The number of hydrogen-bond donors (Lipinski definition) is 0. The van der Waals surface area contributed by atoms with E-state index < -0.39 is 0 Å². The van der Waals surface area contributed by atoms with Crippen molar-refractivity contribution in [3.63, 3.8) is 0 Å². The van der Waals surface area contributed by atoms with Gasteiger partial charge in [-0.1, -0.05) is 0 Å². The quantitative estimate of drug-likeness (QED) is 0.675. The van der Waals surface area contributed by atoms with Gasteiger partial charge in [-0.2, -0.15) is 0 Å². The molecule has 1 heterocycles. The largest absolute Gasteiger partial charge is 0.439 e. The Balaban J connectivity index is 2.28. The van der Waals surface area contributed by atoms with Crippen LogP contribution in [0.2, 0.25) is 0 Å². The van der Waals surface area contributed by atoms with Crippen molar-refractivity contribution in [1.29, 1.82) is 0 Å². The molecule has 0 unspecified atom stereocenters. The monoisotopic (exact) mass is 187 g/mol. The predicted molar refractivity (Wildman–Crippen MR) is 36.2 cm³/mol. The normalized spacial score (nSPS) is 18.3. The zero-order chi connectivity index (χ0) is 6.27. The lowest BCUT2D eigenvalue weighted by Crippen LogP contribution is -1.74. The average molecular weight is 188 g/mol. The zero-order valence-corrected chi connectivity index (χ0v) is 6.39. The van der Waals surface area contributed by atoms with Crippen molar-refractivity contribution < 1.29 is 4.42 Å². The van der Waals surface area contributed by atoms with Gasteiger partial charge < -0.3 is 4.42 Å². The first kappa shape index (κ1) is 5.47. The minimum Gasteiger partial charge on any atom is -0.439 e. The minimum atomic E-state index is 0.601. The molecular formula is C6H6BrNO. The van der Waals surface area contributed by atoms with Crippen molar-refractivity contribution in [3.8, 4) is 0 Å². The number of aromatic nitrogens is 1. The van der Waals surface area contributed by atoms with Crippen LogP contribution in [0.25, 0.3) is 0 Å². The molecule has 0 aromatic carbocycles. The molecule has 0 atom stereocenters. The summed E-state index contributed by atoms with van der Waals surface area (Å²) in [7, 11) is 0. The third-order valence-corrected chi connectivity index (χ3v) is 1.85. The van der Waals surface area contributed by atoms with Gasteiger partial charge in [0.25, 0.3) is 4.80 Å². The van der Waals surface area contributed by atoms with Gasteiger partial charge in [0, 0.05) is 21.8 Å². The summed E-state index contributed by atoms with van der Waals surface area (Å²) in [6.07, 6.45) is 4.28. The Bertz CT molecular complexity index is 217. The molecule has 3 heteroatoms. The first-order valence-electron chi connectivity index (χ1n) is 2.97. The van der Waals surface area contributed by atoms with Crippen LogP contribution < -0.4 is 0 Å². The molecule has 1 aliphatic carbocycles. The van der Waals surface area contributed by atoms with Gasteiger partial charge in [0.05, 0.1) is 5.69 Å². The maximum Gasteiger partial charge on any atom is 0.264 e. The van der Waals surface area contributed by atoms with Crippen molar-refractivity contribution in [1.82, 2.24) is 4.98 Å². The fraction of sp³-hybridized carbons (Fsp3) is 0.500. The summed E-state index contributed by atoms with van der Waals surface area (Å²) < 4.78 is 4.97. The van der Waals surface area contributed by atoms with Gasteiger partial charge >= 0.3 is 0 Å². The topological polar surface area (TPSA) is 26.0 Å². The molecule has 1 saturated carbocycles. The van der Waals surface area contributed by atoms with Crippen molar-refractivity contribution in [3.05, 3.63) is 16.8 Å². The summed E-state index contributed by atoms with van der Waals surface area (Å²) in [6.45, 7) is 0. The number of halogens is 1. The Morgan fingerprint density at radius 1 is 1.67 bits per heavy atom. The highest BCUT2D eigenvalue weighted by molar-refractivity contribution is 9.10. The van der Waals surface area contributed by atoms with Crippen molar-refractivity contribution >= 4 is 15.9 Å². The molecule has 0 spiro atoms. The Labute approximate surface area is 61.4 Å². The third kappa shape index (κ3) is 1.01. The van der Waals surface area contributed by atoms with E-state index in [1.165, 1.54) is 12.8 Å². The Morgan fingerprint density at radius 2 is 2.44 bits per heavy atom. The van der Waals surface area contributed by atoms with Crippen molar-refractivity contribution in [2.24, 2.45) is 0 Å². The van der Waals surface area contributed by atoms with E-state index in [-0.39, 0.29) is 0 Å². The molecule has 2 rings (SSSR count). The molecular weight excluding hydrogens is 182 g/mol. The van der Waals surface area contributed by atoms with Crippen molar-refractivity contribution in [2.75, 3.05) is 0 Å². The van der Waals surface area contributed by atoms with Crippen LogP contribution in [0.4, 0.5) is 0 Å². The Kier molecular flexibility index (Phi) is 1.12. The average Bonchev–Trinajstić information content (AvgIpc) is 2.58. The number of hydrogen-bond acceptors (Lipinski definition) is 2. The third-order valence-electron chi connectivity index (χ3n) is 1.49. The highest BCUT2D eigenvalue weighted by Crippen LogP contribution is 2.39. The molecule has 2 nitrogen and oxygen atoms in total. The summed E-state index contributed by atoms with van der Waals surface area (Å²) in [6, 6.07) is 0. The van der Waals surface area contributed by atoms with Gasteiger partial charge in [0.15, 0.2) is 0 Å². The SMILES string of the molecule is Brc1nc(C2CC2)co1. The molecule has 48 valence electrons. The molecule has 9 heavy (non-hydrogen) atoms. The van der Waals surface area contributed by atoms with Gasteiger partial charge in [-0.05, 0) is 12.8 Å². The second kappa shape index (κ2) is 1.84. The maximum atomic E-state index is 4.97. The number of rotatable bonds is 1. The molecule has 0 saturated heterocycles. The highest BCUT2D eigenvalue weighted by Gasteiger charge is 2.26. The molecule has 1 aromatic heterocycles. The highest BCUT2D eigenvalue weighted by atomic mass is 79.9. The number of nitrogens with zero attached hydrogens (tertiary/aromatic N) is 1. The van der Waals surface area contributed by atoms with Crippen LogP contribution in [0, 0.1) is 0 Å². The molecule has 0 radical (unpaired) electrons. The molecule has 0 aliphatic heterocycles. The van der Waals surface area contributed by atoms with Gasteiger partial charge in [-0.25, -0.2) is 4.98 Å². The summed E-state index contributed by atoms with van der Waals surface area (Å²) in [4.78, 5) is 4.72. The van der Waals surface area contributed by atoms with Gasteiger partial charge in [-0.15, -0.1) is 0 Å². The molecule has 0 bridgehead atoms. The van der Waals surface area contributed by atoms with Gasteiger partial charge in [-0.3, -0.25) is 0 Å². The molecule has 0 N–H and O–H groups in total. The Morgan fingerprint density at radius 3 is 2.89 bits per heavy atom. The van der Waals surface area contributed by atoms with Crippen LogP contribution in [0.3, 0.4) is 0 Å². The summed E-state index contributed by atoms with van der Waals surface area (Å²) >= 11 is 3.15. The van der Waals surface area contributed by atoms with Crippen LogP contribution in [-0.4, -0.2) is 4.98 Å². The van der Waals surface area contributed by atoms with Crippen LogP contribution in [0.5, 0.6) is 0 Å². The van der Waals surface area contributed by atoms with E-state index in [4.69, 9.17) is 4.42 Å². The summed E-state index contributed by atoms with van der Waals surface area (Å²) in [5, 5.41) is 0. The first-order valence-corrected chi connectivity index (χ1v) is 3.76. The van der Waals surface area contributed by atoms with E-state index in [0.717, 1.165) is 5.69 Å². The number of oxazole rings is 1. The van der Waals surface area contributed by atoms with E-state index in [1.54, 1.807) is 6.26 Å². The van der Waals surface area contributed by atoms with E-state index in [2.05, 4.69) is 20.9 Å². The molecule has 1 aliphatic rings. The second-order valence-electron chi connectivity index (χ2n) is 2.30.